The lowest BCUT2D eigenvalue weighted by molar-refractivity contribution is -0.142. The molecule has 8 heteroatoms. The number of esters is 1. The lowest BCUT2D eigenvalue weighted by Crippen LogP contribution is -2.38. The highest BCUT2D eigenvalue weighted by atomic mass is 32.1. The smallest absolute Gasteiger partial charge is 0.341 e. The third-order valence-electron chi connectivity index (χ3n) is 5.80. The van der Waals surface area contributed by atoms with Gasteiger partial charge in [-0.15, -0.1) is 11.3 Å². The van der Waals surface area contributed by atoms with Crippen LogP contribution in [0.3, 0.4) is 0 Å². The molecule has 28 heavy (non-hydrogen) atoms. The number of imide groups is 1. The summed E-state index contributed by atoms with van der Waals surface area (Å²) in [6.07, 6.45) is 5.38. The molecule has 3 fully saturated rings. The van der Waals surface area contributed by atoms with Gasteiger partial charge >= 0.3 is 5.97 Å². The van der Waals surface area contributed by atoms with E-state index in [-0.39, 0.29) is 36.8 Å². The Morgan fingerprint density at radius 1 is 1.14 bits per heavy atom. The molecule has 4 rings (SSSR count). The molecule has 1 aromatic rings. The maximum absolute atomic E-state index is 12.6. The molecule has 2 atom stereocenters. The molecule has 1 aromatic heterocycles. The van der Waals surface area contributed by atoms with Crippen molar-refractivity contribution >= 4 is 40.0 Å². The highest BCUT2D eigenvalue weighted by Crippen LogP contribution is 2.46. The van der Waals surface area contributed by atoms with E-state index in [0.29, 0.717) is 16.5 Å². The Labute approximate surface area is 167 Å². The van der Waals surface area contributed by atoms with Crippen LogP contribution in [0.15, 0.2) is 5.38 Å². The van der Waals surface area contributed by atoms with E-state index in [4.69, 9.17) is 4.74 Å². The van der Waals surface area contributed by atoms with E-state index >= 15 is 0 Å². The standard InChI is InChI=1S/C20H24N2O5S/c1-2-27-20(26)16-14(11-7-8-11)10-28-17(16)21-15(23)9-22-18(24)12-5-3-4-6-13(12)19(22)25/h10-13H,2-9H2,1H3,(H,21,23)/t12-,13-/m0/s1. The number of thiophene rings is 1. The van der Waals surface area contributed by atoms with Gasteiger partial charge in [-0.25, -0.2) is 4.79 Å². The highest BCUT2D eigenvalue weighted by Gasteiger charge is 2.48. The van der Waals surface area contributed by atoms with Crippen molar-refractivity contribution in [1.82, 2.24) is 4.90 Å². The van der Waals surface area contributed by atoms with Gasteiger partial charge in [-0.2, -0.15) is 0 Å². The fraction of sp³-hybridized carbons (Fsp3) is 0.600. The van der Waals surface area contributed by atoms with Crippen molar-refractivity contribution in [3.05, 3.63) is 16.5 Å². The zero-order chi connectivity index (χ0) is 19.8. The van der Waals surface area contributed by atoms with E-state index in [9.17, 15) is 19.2 Å². The first-order valence-corrected chi connectivity index (χ1v) is 10.8. The van der Waals surface area contributed by atoms with Crippen LogP contribution < -0.4 is 5.32 Å². The number of hydrogen-bond acceptors (Lipinski definition) is 6. The van der Waals surface area contributed by atoms with Crippen LogP contribution in [0.25, 0.3) is 0 Å². The van der Waals surface area contributed by atoms with Gasteiger partial charge in [-0.05, 0) is 49.5 Å². The number of hydrogen-bond donors (Lipinski definition) is 1. The van der Waals surface area contributed by atoms with Crippen LogP contribution in [0, 0.1) is 11.8 Å². The minimum Gasteiger partial charge on any atom is -0.462 e. The van der Waals surface area contributed by atoms with E-state index in [1.54, 1.807) is 6.92 Å². The van der Waals surface area contributed by atoms with Gasteiger partial charge in [0.25, 0.3) is 0 Å². The third kappa shape index (κ3) is 3.45. The molecule has 2 heterocycles. The molecule has 150 valence electrons. The number of rotatable bonds is 6. The van der Waals surface area contributed by atoms with Gasteiger partial charge in [0, 0.05) is 0 Å². The van der Waals surface area contributed by atoms with Crippen molar-refractivity contribution in [2.75, 3.05) is 18.5 Å². The van der Waals surface area contributed by atoms with Crippen LogP contribution in [-0.2, 0) is 19.1 Å². The van der Waals surface area contributed by atoms with Crippen molar-refractivity contribution < 1.29 is 23.9 Å². The first kappa shape index (κ1) is 19.1. The SMILES string of the molecule is CCOC(=O)c1c(C2CC2)csc1NC(=O)CN1C(=O)[C@H]2CCCC[C@@H]2C1=O. The average molecular weight is 404 g/mol. The van der Waals surface area contributed by atoms with Crippen molar-refractivity contribution in [3.63, 3.8) is 0 Å². The normalized spacial score (nSPS) is 24.2. The van der Waals surface area contributed by atoms with Gasteiger partial charge < -0.3 is 10.1 Å². The maximum atomic E-state index is 12.6. The molecule has 2 aliphatic carbocycles. The molecule has 2 saturated carbocycles. The number of carbonyl (C=O) groups is 4. The van der Waals surface area contributed by atoms with Gasteiger partial charge in [0.1, 0.15) is 11.5 Å². The zero-order valence-electron chi connectivity index (χ0n) is 15.9. The Morgan fingerprint density at radius 2 is 1.79 bits per heavy atom. The number of fused-ring (bicyclic) bond motifs is 1. The van der Waals surface area contributed by atoms with Gasteiger partial charge in [-0.1, -0.05) is 12.8 Å². The first-order valence-electron chi connectivity index (χ1n) is 9.94. The molecule has 0 spiro atoms. The second-order valence-electron chi connectivity index (χ2n) is 7.70. The number of amides is 3. The van der Waals surface area contributed by atoms with Crippen molar-refractivity contribution in [1.29, 1.82) is 0 Å². The second-order valence-corrected chi connectivity index (χ2v) is 8.58. The summed E-state index contributed by atoms with van der Waals surface area (Å²) in [5.74, 6) is -1.58. The van der Waals surface area contributed by atoms with E-state index in [1.807, 2.05) is 5.38 Å². The Kier molecular flexibility index (Phi) is 5.23. The van der Waals surface area contributed by atoms with Gasteiger partial charge in [0.05, 0.1) is 24.0 Å². The first-order chi connectivity index (χ1) is 13.5. The minimum absolute atomic E-state index is 0.236. The predicted molar refractivity (Wildman–Crippen MR) is 103 cm³/mol. The topological polar surface area (TPSA) is 92.8 Å². The summed E-state index contributed by atoms with van der Waals surface area (Å²) < 4.78 is 5.16. The van der Waals surface area contributed by atoms with Crippen LogP contribution >= 0.6 is 11.3 Å². The molecule has 7 nitrogen and oxygen atoms in total. The number of likely N-dealkylation sites (tertiary alicyclic amines) is 1. The van der Waals surface area contributed by atoms with Gasteiger partial charge in [0.15, 0.2) is 0 Å². The van der Waals surface area contributed by atoms with E-state index in [2.05, 4.69) is 5.32 Å². The fourth-order valence-electron chi connectivity index (χ4n) is 4.27. The lowest BCUT2D eigenvalue weighted by atomic mass is 9.81. The molecule has 3 amide bonds. The molecule has 0 bridgehead atoms. The molecule has 3 aliphatic rings. The number of ether oxygens (including phenoxy) is 1. The molecule has 1 N–H and O–H groups in total. The predicted octanol–water partition coefficient (Wildman–Crippen LogP) is 2.92. The largest absolute Gasteiger partial charge is 0.462 e. The van der Waals surface area contributed by atoms with Crippen molar-refractivity contribution in [2.24, 2.45) is 11.8 Å². The van der Waals surface area contributed by atoms with Crippen LogP contribution in [-0.4, -0.2) is 41.7 Å². The van der Waals surface area contributed by atoms with Gasteiger partial charge in [0.2, 0.25) is 17.7 Å². The molecule has 0 aromatic carbocycles. The molecule has 1 saturated heterocycles. The Balaban J connectivity index is 1.48. The molecular weight excluding hydrogens is 380 g/mol. The van der Waals surface area contributed by atoms with Crippen LogP contribution in [0.1, 0.15) is 67.3 Å². The fourth-order valence-corrected chi connectivity index (χ4v) is 5.32. The second kappa shape index (κ2) is 7.66. The van der Waals surface area contributed by atoms with E-state index in [1.165, 1.54) is 11.3 Å². The highest BCUT2D eigenvalue weighted by molar-refractivity contribution is 7.15. The van der Waals surface area contributed by atoms with Crippen LogP contribution in [0.2, 0.25) is 0 Å². The van der Waals surface area contributed by atoms with E-state index in [0.717, 1.165) is 49.0 Å². The number of nitrogens with zero attached hydrogens (tertiary/aromatic N) is 1. The molecular formula is C20H24N2O5S. The van der Waals surface area contributed by atoms with Crippen LogP contribution in [0.4, 0.5) is 5.00 Å². The van der Waals surface area contributed by atoms with Crippen molar-refractivity contribution in [2.45, 2.75) is 51.4 Å². The average Bonchev–Trinajstić information content (AvgIpc) is 3.41. The monoisotopic (exact) mass is 404 g/mol. The third-order valence-corrected chi connectivity index (χ3v) is 6.72. The quantitative estimate of drug-likeness (QED) is 0.581. The molecule has 1 aliphatic heterocycles. The van der Waals surface area contributed by atoms with E-state index < -0.39 is 11.9 Å². The summed E-state index contributed by atoms with van der Waals surface area (Å²) in [5.41, 5.74) is 1.33. The zero-order valence-corrected chi connectivity index (χ0v) is 16.7. The maximum Gasteiger partial charge on any atom is 0.341 e. The summed E-state index contributed by atoms with van der Waals surface area (Å²) in [4.78, 5) is 51.2. The summed E-state index contributed by atoms with van der Waals surface area (Å²) in [7, 11) is 0. The Morgan fingerprint density at radius 3 is 2.36 bits per heavy atom. The van der Waals surface area contributed by atoms with Crippen LogP contribution in [0.5, 0.6) is 0 Å². The summed E-state index contributed by atoms with van der Waals surface area (Å²) >= 11 is 1.29. The summed E-state index contributed by atoms with van der Waals surface area (Å²) in [6, 6.07) is 0. The minimum atomic E-state index is -0.463. The Hall–Kier alpha value is -2.22. The number of carbonyl (C=O) groups excluding carboxylic acids is 4. The summed E-state index contributed by atoms with van der Waals surface area (Å²) in [5, 5.41) is 5.06. The molecule has 0 unspecified atom stereocenters. The lowest BCUT2D eigenvalue weighted by Gasteiger charge is -2.19. The van der Waals surface area contributed by atoms with Crippen molar-refractivity contribution in [3.8, 4) is 0 Å². The summed E-state index contributed by atoms with van der Waals surface area (Å²) in [6.45, 7) is 1.69. The Bertz CT molecular complexity index is 805. The molecule has 0 radical (unpaired) electrons. The van der Waals surface area contributed by atoms with Gasteiger partial charge in [-0.3, -0.25) is 19.3 Å². The number of nitrogens with one attached hydrogen (secondary N) is 1. The number of anilines is 1.